The molecule has 2 N–H and O–H groups in total. The van der Waals surface area contributed by atoms with Crippen LogP contribution in [0, 0.1) is 0 Å². The summed E-state index contributed by atoms with van der Waals surface area (Å²) in [5.74, 6) is 0.246. The van der Waals surface area contributed by atoms with E-state index in [-0.39, 0.29) is 42.1 Å². The van der Waals surface area contributed by atoms with Gasteiger partial charge in [0.1, 0.15) is 0 Å². The molecule has 0 aliphatic rings. The highest BCUT2D eigenvalue weighted by Crippen LogP contribution is 2.21. The van der Waals surface area contributed by atoms with Crippen molar-refractivity contribution in [3.05, 3.63) is 34.6 Å². The summed E-state index contributed by atoms with van der Waals surface area (Å²) >= 11 is 1.24. The number of ether oxygens (including phenoxy) is 1. The molecule has 0 saturated heterocycles. The van der Waals surface area contributed by atoms with E-state index in [1.165, 1.54) is 16.3 Å². The minimum Gasteiger partial charge on any atom is -0.385 e. The normalized spacial score (nSPS) is 11.4. The lowest BCUT2D eigenvalue weighted by Gasteiger charge is -2.12. The second-order valence-corrected chi connectivity index (χ2v) is 8.49. The van der Waals surface area contributed by atoms with Gasteiger partial charge in [0.2, 0.25) is 17.6 Å². The van der Waals surface area contributed by atoms with Crippen molar-refractivity contribution in [2.24, 2.45) is 0 Å². The minimum absolute atomic E-state index is 0.0209. The van der Waals surface area contributed by atoms with Gasteiger partial charge >= 0.3 is 0 Å². The number of aryl methyl sites for hydroxylation is 1. The second kappa shape index (κ2) is 11.1. The lowest BCUT2D eigenvalue weighted by atomic mass is 10.2. The van der Waals surface area contributed by atoms with E-state index < -0.39 is 0 Å². The van der Waals surface area contributed by atoms with Gasteiger partial charge in [-0.15, -0.1) is 10.2 Å². The molecule has 3 aromatic rings. The Labute approximate surface area is 189 Å². The Morgan fingerprint density at radius 1 is 1.19 bits per heavy atom. The maximum absolute atomic E-state index is 13.1. The first kappa shape index (κ1) is 23.7. The zero-order chi connectivity index (χ0) is 23.1. The van der Waals surface area contributed by atoms with Crippen LogP contribution in [0.4, 0.5) is 0 Å². The first-order chi connectivity index (χ1) is 15.4. The number of nitrogens with one attached hydrogen (secondary N) is 2. The summed E-state index contributed by atoms with van der Waals surface area (Å²) in [5, 5.41) is 15.1. The fourth-order valence-electron chi connectivity index (χ4n) is 3.26. The van der Waals surface area contributed by atoms with Crippen molar-refractivity contribution in [1.82, 2.24) is 29.8 Å². The Balaban J connectivity index is 1.87. The van der Waals surface area contributed by atoms with Crippen molar-refractivity contribution in [1.29, 1.82) is 0 Å². The van der Waals surface area contributed by atoms with Gasteiger partial charge in [-0.05, 0) is 32.4 Å². The molecule has 32 heavy (non-hydrogen) atoms. The number of aromatic nitrogens is 4. The molecule has 11 heteroatoms. The van der Waals surface area contributed by atoms with Gasteiger partial charge in [0.25, 0.3) is 5.56 Å². The van der Waals surface area contributed by atoms with Crippen LogP contribution in [0.2, 0.25) is 0 Å². The predicted octanol–water partition coefficient (Wildman–Crippen LogP) is 1.20. The monoisotopic (exact) mass is 460 g/mol. The number of nitrogens with zero attached hydrogens (tertiary/aromatic N) is 4. The van der Waals surface area contributed by atoms with Gasteiger partial charge in [0.15, 0.2) is 5.16 Å². The number of benzene rings is 1. The zero-order valence-electron chi connectivity index (χ0n) is 18.5. The molecule has 0 unspecified atom stereocenters. The quantitative estimate of drug-likeness (QED) is 0.326. The van der Waals surface area contributed by atoms with E-state index >= 15 is 0 Å². The van der Waals surface area contributed by atoms with E-state index in [4.69, 9.17) is 4.74 Å². The summed E-state index contributed by atoms with van der Waals surface area (Å²) in [4.78, 5) is 37.4. The highest BCUT2D eigenvalue weighted by Gasteiger charge is 2.18. The molecule has 2 heterocycles. The number of rotatable bonds is 11. The van der Waals surface area contributed by atoms with E-state index in [0.717, 1.165) is 6.42 Å². The zero-order valence-corrected chi connectivity index (χ0v) is 19.3. The van der Waals surface area contributed by atoms with E-state index in [0.29, 0.717) is 35.0 Å². The second-order valence-electron chi connectivity index (χ2n) is 7.55. The van der Waals surface area contributed by atoms with Crippen LogP contribution in [-0.2, 0) is 20.9 Å². The van der Waals surface area contributed by atoms with Crippen LogP contribution in [0.3, 0.4) is 0 Å². The smallest absolute Gasteiger partial charge is 0.262 e. The van der Waals surface area contributed by atoms with Crippen molar-refractivity contribution >= 4 is 40.3 Å². The molecule has 0 bridgehead atoms. The number of methoxy groups -OCH3 is 1. The van der Waals surface area contributed by atoms with Gasteiger partial charge in [-0.25, -0.2) is 0 Å². The summed E-state index contributed by atoms with van der Waals surface area (Å²) in [5.41, 5.74) is 0.425. The summed E-state index contributed by atoms with van der Waals surface area (Å²) < 4.78 is 8.20. The molecule has 0 radical (unpaired) electrons. The molecule has 0 aliphatic carbocycles. The van der Waals surface area contributed by atoms with Gasteiger partial charge in [-0.3, -0.25) is 23.4 Å². The molecule has 0 atom stereocenters. The van der Waals surface area contributed by atoms with E-state index in [9.17, 15) is 14.4 Å². The van der Waals surface area contributed by atoms with Gasteiger partial charge in [-0.1, -0.05) is 23.9 Å². The molecule has 1 aromatic carbocycles. The Bertz CT molecular complexity index is 1160. The number of carbonyl (C=O) groups excluding carboxylic acids is 2. The summed E-state index contributed by atoms with van der Waals surface area (Å²) in [6.45, 7) is 5.06. The average molecular weight is 461 g/mol. The predicted molar refractivity (Wildman–Crippen MR) is 123 cm³/mol. The lowest BCUT2D eigenvalue weighted by molar-refractivity contribution is -0.122. The number of thioether (sulfide) groups is 1. The highest BCUT2D eigenvalue weighted by molar-refractivity contribution is 7.99. The van der Waals surface area contributed by atoms with Gasteiger partial charge in [0.05, 0.1) is 16.7 Å². The minimum atomic E-state index is -0.231. The average Bonchev–Trinajstić information content (AvgIpc) is 3.18. The Kier molecular flexibility index (Phi) is 8.23. The third-order valence-electron chi connectivity index (χ3n) is 4.67. The Morgan fingerprint density at radius 2 is 1.97 bits per heavy atom. The van der Waals surface area contributed by atoms with Gasteiger partial charge in [-0.2, -0.15) is 0 Å². The first-order valence-corrected chi connectivity index (χ1v) is 11.5. The van der Waals surface area contributed by atoms with Crippen molar-refractivity contribution in [2.75, 3.05) is 26.0 Å². The molecular formula is C21H28N6O4S. The molecule has 0 aliphatic heterocycles. The summed E-state index contributed by atoms with van der Waals surface area (Å²) in [7, 11) is 1.62. The van der Waals surface area contributed by atoms with Crippen molar-refractivity contribution < 1.29 is 14.3 Å². The lowest BCUT2D eigenvalue weighted by Crippen LogP contribution is -2.32. The fraction of sp³-hybridized carbons (Fsp3) is 0.476. The van der Waals surface area contributed by atoms with Crippen LogP contribution >= 0.6 is 11.8 Å². The molecule has 0 fully saturated rings. The van der Waals surface area contributed by atoms with Crippen molar-refractivity contribution in [3.8, 4) is 0 Å². The summed E-state index contributed by atoms with van der Waals surface area (Å²) in [6.07, 6.45) is 0.882. The van der Waals surface area contributed by atoms with Crippen LogP contribution in [0.1, 0.15) is 26.7 Å². The van der Waals surface area contributed by atoms with Gasteiger partial charge in [0, 0.05) is 39.3 Å². The third kappa shape index (κ3) is 5.65. The molecule has 0 spiro atoms. The topological polar surface area (TPSA) is 120 Å². The Hall–Kier alpha value is -2.92. The Morgan fingerprint density at radius 3 is 2.72 bits per heavy atom. The summed E-state index contributed by atoms with van der Waals surface area (Å²) in [6, 6.07) is 7.19. The van der Waals surface area contributed by atoms with Crippen LogP contribution < -0.4 is 16.2 Å². The number of hydrogen-bond acceptors (Lipinski definition) is 7. The van der Waals surface area contributed by atoms with Crippen LogP contribution in [0.5, 0.6) is 0 Å². The number of hydrogen-bond donors (Lipinski definition) is 2. The molecule has 2 amide bonds. The largest absolute Gasteiger partial charge is 0.385 e. The maximum atomic E-state index is 13.1. The molecule has 2 aromatic heterocycles. The number of carbonyl (C=O) groups is 2. The maximum Gasteiger partial charge on any atom is 0.262 e. The van der Waals surface area contributed by atoms with Crippen molar-refractivity contribution in [3.63, 3.8) is 0 Å². The van der Waals surface area contributed by atoms with E-state index in [2.05, 4.69) is 20.8 Å². The van der Waals surface area contributed by atoms with Crippen molar-refractivity contribution in [2.45, 2.75) is 44.4 Å². The molecule has 10 nitrogen and oxygen atoms in total. The van der Waals surface area contributed by atoms with Crippen LogP contribution in [-0.4, -0.2) is 63.0 Å². The molecule has 3 rings (SSSR count). The number of para-hydroxylation sites is 1. The standard InChI is InChI=1S/C21H28N6O4S/c1-14(2)23-17(28)9-11-26-19(30)15-7-4-5-8-16(15)27-20(26)24-25-21(27)32-13-18(29)22-10-6-12-31-3/h4-5,7-8,14H,6,9-13H2,1-3H3,(H,22,29)(H,23,28). The fourth-order valence-corrected chi connectivity index (χ4v) is 4.03. The molecule has 0 saturated carbocycles. The SMILES string of the molecule is COCCCNC(=O)CSc1nnc2n(CCC(=O)NC(C)C)c(=O)c3ccccc3n12. The van der Waals surface area contributed by atoms with E-state index in [1.807, 2.05) is 26.0 Å². The van der Waals surface area contributed by atoms with Gasteiger partial charge < -0.3 is 15.4 Å². The first-order valence-electron chi connectivity index (χ1n) is 10.5. The number of fused-ring (bicyclic) bond motifs is 3. The molecular weight excluding hydrogens is 432 g/mol. The highest BCUT2D eigenvalue weighted by atomic mass is 32.2. The van der Waals surface area contributed by atoms with Crippen LogP contribution in [0.15, 0.2) is 34.2 Å². The number of amides is 2. The van der Waals surface area contributed by atoms with Crippen LogP contribution in [0.25, 0.3) is 16.7 Å². The van der Waals surface area contributed by atoms with E-state index in [1.54, 1.807) is 23.6 Å². The molecule has 172 valence electrons. The third-order valence-corrected chi connectivity index (χ3v) is 5.60.